The van der Waals surface area contributed by atoms with E-state index in [1.807, 2.05) is 31.2 Å². The molecule has 9 nitrogen and oxygen atoms in total. The maximum absolute atomic E-state index is 13.2. The second-order valence-corrected chi connectivity index (χ2v) is 10.1. The molecule has 3 heterocycles. The average Bonchev–Trinajstić information content (AvgIpc) is 3.66. The number of benzene rings is 1. The van der Waals surface area contributed by atoms with Crippen LogP contribution in [0.5, 0.6) is 5.75 Å². The van der Waals surface area contributed by atoms with E-state index in [1.54, 1.807) is 0 Å². The van der Waals surface area contributed by atoms with Crippen LogP contribution in [0.4, 0.5) is 0 Å². The summed E-state index contributed by atoms with van der Waals surface area (Å²) in [5, 5.41) is 14.0. The van der Waals surface area contributed by atoms with Gasteiger partial charge in [-0.05, 0) is 73.7 Å². The highest BCUT2D eigenvalue weighted by Gasteiger charge is 2.32. The molecule has 36 heavy (non-hydrogen) atoms. The summed E-state index contributed by atoms with van der Waals surface area (Å²) < 4.78 is 13.8. The van der Waals surface area contributed by atoms with Gasteiger partial charge in [-0.15, -0.1) is 5.10 Å². The first kappa shape index (κ1) is 24.9. The van der Waals surface area contributed by atoms with Gasteiger partial charge in [0.2, 0.25) is 0 Å². The minimum Gasteiger partial charge on any atom is -0.494 e. The summed E-state index contributed by atoms with van der Waals surface area (Å²) in [6.07, 6.45) is 8.86. The molecule has 2 atom stereocenters. The Hall–Kier alpha value is -2.78. The van der Waals surface area contributed by atoms with Crippen LogP contribution in [-0.2, 0) is 11.3 Å². The Morgan fingerprint density at radius 3 is 2.81 bits per heavy atom. The van der Waals surface area contributed by atoms with E-state index in [-0.39, 0.29) is 17.7 Å². The van der Waals surface area contributed by atoms with Gasteiger partial charge in [0.05, 0.1) is 24.8 Å². The zero-order valence-electron chi connectivity index (χ0n) is 21.5. The molecular formula is C27H38N6O3. The molecule has 1 saturated heterocycles. The minimum atomic E-state index is -0.0605. The molecule has 0 amide bonds. The molecule has 9 heteroatoms. The van der Waals surface area contributed by atoms with Crippen LogP contribution in [0.1, 0.15) is 88.7 Å². The lowest BCUT2D eigenvalue weighted by Gasteiger charge is -2.33. The highest BCUT2D eigenvalue weighted by molar-refractivity contribution is 5.80. The van der Waals surface area contributed by atoms with Crippen molar-refractivity contribution in [1.82, 2.24) is 30.1 Å². The number of pyridine rings is 1. The number of fused-ring (bicyclic) bond motifs is 1. The van der Waals surface area contributed by atoms with E-state index in [9.17, 15) is 4.79 Å². The van der Waals surface area contributed by atoms with Gasteiger partial charge in [0.25, 0.3) is 5.56 Å². The topological polar surface area (TPSA) is 98.2 Å². The lowest BCUT2D eigenvalue weighted by Crippen LogP contribution is -2.38. The van der Waals surface area contributed by atoms with Crippen molar-refractivity contribution in [3.8, 4) is 5.75 Å². The number of nitrogens with one attached hydrogen (secondary N) is 1. The first-order valence-electron chi connectivity index (χ1n) is 13.6. The van der Waals surface area contributed by atoms with Gasteiger partial charge in [-0.3, -0.25) is 9.69 Å². The molecule has 0 spiro atoms. The van der Waals surface area contributed by atoms with Crippen LogP contribution in [-0.4, -0.2) is 56.0 Å². The second-order valence-electron chi connectivity index (χ2n) is 10.1. The molecule has 1 aromatic carbocycles. The highest BCUT2D eigenvalue weighted by Crippen LogP contribution is 2.34. The van der Waals surface area contributed by atoms with Gasteiger partial charge < -0.3 is 14.5 Å². The van der Waals surface area contributed by atoms with Crippen molar-refractivity contribution < 1.29 is 9.47 Å². The average molecular weight is 495 g/mol. The molecule has 2 aliphatic rings. The van der Waals surface area contributed by atoms with Crippen molar-refractivity contribution in [2.75, 3.05) is 19.8 Å². The Kier molecular flexibility index (Phi) is 7.96. The van der Waals surface area contributed by atoms with Crippen LogP contribution in [0.15, 0.2) is 29.1 Å². The Balaban J connectivity index is 1.50. The van der Waals surface area contributed by atoms with Crippen molar-refractivity contribution in [3.63, 3.8) is 0 Å². The highest BCUT2D eigenvalue weighted by atomic mass is 16.5. The summed E-state index contributed by atoms with van der Waals surface area (Å²) in [6, 6.07) is 8.17. The zero-order chi connectivity index (χ0) is 24.9. The number of hydrogen-bond acceptors (Lipinski definition) is 7. The van der Waals surface area contributed by atoms with Gasteiger partial charge in [0.1, 0.15) is 5.75 Å². The summed E-state index contributed by atoms with van der Waals surface area (Å²) in [7, 11) is 0. The third kappa shape index (κ3) is 5.47. The molecule has 2 aromatic heterocycles. The SMILES string of the molecule is CCC[C@H](c1nnnn1C1CCCC1)N(Cc1cc2cc(OCC)ccc2[nH]c1=O)C[C@@H]1CCCO1. The Labute approximate surface area is 212 Å². The van der Waals surface area contributed by atoms with Crippen molar-refractivity contribution in [2.24, 2.45) is 0 Å². The summed E-state index contributed by atoms with van der Waals surface area (Å²) in [4.78, 5) is 18.6. The van der Waals surface area contributed by atoms with Crippen LogP contribution >= 0.6 is 0 Å². The Morgan fingerprint density at radius 1 is 1.19 bits per heavy atom. The van der Waals surface area contributed by atoms with Crippen molar-refractivity contribution in [1.29, 1.82) is 0 Å². The van der Waals surface area contributed by atoms with E-state index in [1.165, 1.54) is 12.8 Å². The molecule has 5 rings (SSSR count). The fourth-order valence-electron chi connectivity index (χ4n) is 5.75. The third-order valence-electron chi connectivity index (χ3n) is 7.53. The number of aromatic amines is 1. The number of tetrazole rings is 1. The Bertz CT molecular complexity index is 1200. The lowest BCUT2D eigenvalue weighted by molar-refractivity contribution is 0.0471. The number of nitrogens with zero attached hydrogens (tertiary/aromatic N) is 5. The van der Waals surface area contributed by atoms with E-state index in [0.717, 1.165) is 79.7 Å². The number of rotatable bonds is 11. The molecule has 3 aromatic rings. The maximum Gasteiger partial charge on any atom is 0.252 e. The van der Waals surface area contributed by atoms with Gasteiger partial charge in [0, 0.05) is 36.2 Å². The Morgan fingerprint density at radius 2 is 2.06 bits per heavy atom. The summed E-state index contributed by atoms with van der Waals surface area (Å²) in [6.45, 7) is 6.82. The molecule has 1 aliphatic carbocycles. The number of hydrogen-bond donors (Lipinski definition) is 1. The first-order chi connectivity index (χ1) is 17.7. The quantitative estimate of drug-likeness (QED) is 0.417. The largest absolute Gasteiger partial charge is 0.494 e. The first-order valence-corrected chi connectivity index (χ1v) is 13.6. The molecule has 0 unspecified atom stereocenters. The van der Waals surface area contributed by atoms with E-state index in [2.05, 4.69) is 37.0 Å². The molecule has 1 N–H and O–H groups in total. The summed E-state index contributed by atoms with van der Waals surface area (Å²) in [5.41, 5.74) is 1.48. The fraction of sp³-hybridized carbons (Fsp3) is 0.630. The fourth-order valence-corrected chi connectivity index (χ4v) is 5.75. The van der Waals surface area contributed by atoms with Crippen LogP contribution in [0.2, 0.25) is 0 Å². The van der Waals surface area contributed by atoms with Crippen molar-refractivity contribution in [2.45, 2.75) is 89.9 Å². The molecule has 2 fully saturated rings. The molecule has 0 radical (unpaired) electrons. The predicted octanol–water partition coefficient (Wildman–Crippen LogP) is 4.55. The van der Waals surface area contributed by atoms with E-state index in [4.69, 9.17) is 9.47 Å². The van der Waals surface area contributed by atoms with E-state index in [0.29, 0.717) is 19.2 Å². The monoisotopic (exact) mass is 494 g/mol. The van der Waals surface area contributed by atoms with E-state index >= 15 is 0 Å². The molecule has 1 aliphatic heterocycles. The summed E-state index contributed by atoms with van der Waals surface area (Å²) in [5.74, 6) is 1.72. The standard InChI is InChI=1S/C27H38N6O3/c1-3-8-25(26-29-30-31-33(26)21-9-5-6-10-21)32(18-23-11-7-14-36-23)17-20-15-19-16-22(35-4-2)12-13-24(19)28-27(20)34/h12-13,15-16,21,23,25H,3-11,14,17-18H2,1-2H3,(H,28,34)/t23-,25+/m0/s1. The third-order valence-corrected chi connectivity index (χ3v) is 7.53. The van der Waals surface area contributed by atoms with Crippen LogP contribution in [0.3, 0.4) is 0 Å². The molecule has 194 valence electrons. The smallest absolute Gasteiger partial charge is 0.252 e. The maximum atomic E-state index is 13.2. The van der Waals surface area contributed by atoms with Crippen molar-refractivity contribution >= 4 is 10.9 Å². The zero-order valence-corrected chi connectivity index (χ0v) is 21.5. The van der Waals surface area contributed by atoms with E-state index < -0.39 is 0 Å². The van der Waals surface area contributed by atoms with Crippen LogP contribution in [0.25, 0.3) is 10.9 Å². The van der Waals surface area contributed by atoms with Gasteiger partial charge in [-0.2, -0.15) is 0 Å². The van der Waals surface area contributed by atoms with Gasteiger partial charge in [0.15, 0.2) is 5.82 Å². The van der Waals surface area contributed by atoms with Gasteiger partial charge >= 0.3 is 0 Å². The second kappa shape index (κ2) is 11.5. The number of H-pyrrole nitrogens is 1. The minimum absolute atomic E-state index is 0.0136. The van der Waals surface area contributed by atoms with Crippen LogP contribution in [0, 0.1) is 0 Å². The molecular weight excluding hydrogens is 456 g/mol. The predicted molar refractivity (Wildman–Crippen MR) is 138 cm³/mol. The number of ether oxygens (including phenoxy) is 2. The lowest BCUT2D eigenvalue weighted by atomic mass is 10.0. The van der Waals surface area contributed by atoms with Gasteiger partial charge in [-0.25, -0.2) is 4.68 Å². The normalized spacial score (nSPS) is 19.5. The van der Waals surface area contributed by atoms with Crippen LogP contribution < -0.4 is 10.3 Å². The van der Waals surface area contributed by atoms with Crippen molar-refractivity contribution in [3.05, 3.63) is 46.0 Å². The van der Waals surface area contributed by atoms with Gasteiger partial charge in [-0.1, -0.05) is 26.2 Å². The number of aromatic nitrogens is 5. The molecule has 0 bridgehead atoms. The summed E-state index contributed by atoms with van der Waals surface area (Å²) >= 11 is 0. The molecule has 1 saturated carbocycles.